The van der Waals surface area contributed by atoms with Gasteiger partial charge in [0.1, 0.15) is 0 Å². The van der Waals surface area contributed by atoms with Crippen LogP contribution in [0.3, 0.4) is 0 Å². The zero-order chi connectivity index (χ0) is 20.5. The van der Waals surface area contributed by atoms with Gasteiger partial charge in [-0.3, -0.25) is 14.5 Å². The quantitative estimate of drug-likeness (QED) is 0.279. The second kappa shape index (κ2) is 16.8. The van der Waals surface area contributed by atoms with Crippen molar-refractivity contribution in [2.75, 3.05) is 6.54 Å². The van der Waals surface area contributed by atoms with Crippen molar-refractivity contribution in [1.29, 1.82) is 0 Å². The molecule has 1 rings (SSSR count). The number of carbonyl (C=O) groups is 2. The number of hydrogen-bond donors (Lipinski definition) is 1. The van der Waals surface area contributed by atoms with Crippen molar-refractivity contribution in [3.63, 3.8) is 0 Å². The molecule has 1 aliphatic rings. The lowest BCUT2D eigenvalue weighted by atomic mass is 10.1. The van der Waals surface area contributed by atoms with Crippen molar-refractivity contribution >= 4 is 11.8 Å². The van der Waals surface area contributed by atoms with Crippen LogP contribution in [-0.4, -0.2) is 29.3 Å². The minimum atomic E-state index is -0.0808. The number of amides is 2. The highest BCUT2D eigenvalue weighted by Gasteiger charge is 2.25. The third-order valence-corrected chi connectivity index (χ3v) is 5.65. The summed E-state index contributed by atoms with van der Waals surface area (Å²) in [5.74, 6) is -0.0838. The number of allylic oxidation sites excluding steroid dienone is 2. The molecule has 1 heterocycles. The highest BCUT2D eigenvalue weighted by atomic mass is 16.2. The van der Waals surface area contributed by atoms with E-state index in [4.69, 9.17) is 5.73 Å². The van der Waals surface area contributed by atoms with Gasteiger partial charge in [-0.2, -0.15) is 0 Å². The minimum Gasteiger partial charge on any atom is -0.327 e. The monoisotopic (exact) mass is 392 g/mol. The molecule has 0 spiro atoms. The Kier molecular flexibility index (Phi) is 14.9. The van der Waals surface area contributed by atoms with Gasteiger partial charge < -0.3 is 5.73 Å². The molecule has 28 heavy (non-hydrogen) atoms. The minimum absolute atomic E-state index is 0.00303. The average Bonchev–Trinajstić information content (AvgIpc) is 2.84. The predicted molar refractivity (Wildman–Crippen MR) is 118 cm³/mol. The van der Waals surface area contributed by atoms with Crippen LogP contribution in [0.15, 0.2) is 12.2 Å². The molecule has 0 saturated carbocycles. The highest BCUT2D eigenvalue weighted by Crippen LogP contribution is 2.14. The average molecular weight is 393 g/mol. The Morgan fingerprint density at radius 3 is 2.18 bits per heavy atom. The Balaban J connectivity index is 1.92. The summed E-state index contributed by atoms with van der Waals surface area (Å²) in [5.41, 5.74) is 5.86. The molecule has 4 heteroatoms. The molecule has 0 aliphatic carbocycles. The summed E-state index contributed by atoms with van der Waals surface area (Å²) in [6, 6.07) is -0.0786. The molecule has 1 fully saturated rings. The topological polar surface area (TPSA) is 63.4 Å². The van der Waals surface area contributed by atoms with Crippen LogP contribution in [0.5, 0.6) is 0 Å². The number of likely N-dealkylation sites (tertiary alicyclic amines) is 1. The van der Waals surface area contributed by atoms with Gasteiger partial charge in [0.25, 0.3) is 0 Å². The summed E-state index contributed by atoms with van der Waals surface area (Å²) in [6.07, 6.45) is 23.4. The summed E-state index contributed by atoms with van der Waals surface area (Å²) in [4.78, 5) is 25.7. The van der Waals surface area contributed by atoms with E-state index in [9.17, 15) is 9.59 Å². The molecular weight excluding hydrogens is 348 g/mol. The third-order valence-electron chi connectivity index (χ3n) is 5.65. The maximum Gasteiger partial charge on any atom is 0.230 e. The summed E-state index contributed by atoms with van der Waals surface area (Å²) >= 11 is 0. The van der Waals surface area contributed by atoms with E-state index >= 15 is 0 Å². The first-order valence-corrected chi connectivity index (χ1v) is 11.9. The third kappa shape index (κ3) is 12.3. The van der Waals surface area contributed by atoms with Gasteiger partial charge in [0, 0.05) is 25.4 Å². The number of nitrogens with zero attached hydrogens (tertiary/aromatic N) is 1. The van der Waals surface area contributed by atoms with E-state index in [1.165, 1.54) is 75.5 Å². The Bertz CT molecular complexity index is 448. The first kappa shape index (κ1) is 24.9. The van der Waals surface area contributed by atoms with Crippen molar-refractivity contribution in [2.45, 2.75) is 122 Å². The lowest BCUT2D eigenvalue weighted by molar-refractivity contribution is -0.144. The van der Waals surface area contributed by atoms with Gasteiger partial charge >= 0.3 is 0 Å². The molecule has 0 aromatic heterocycles. The maximum atomic E-state index is 12.3. The van der Waals surface area contributed by atoms with Gasteiger partial charge in [-0.25, -0.2) is 0 Å². The number of nitrogens with two attached hydrogens (primary N) is 1. The first-order valence-electron chi connectivity index (χ1n) is 11.9. The number of imide groups is 1. The predicted octanol–water partition coefficient (Wildman–Crippen LogP) is 5.89. The Hall–Kier alpha value is -1.16. The smallest absolute Gasteiger partial charge is 0.230 e. The molecule has 1 aliphatic heterocycles. The Morgan fingerprint density at radius 2 is 1.54 bits per heavy atom. The fourth-order valence-corrected chi connectivity index (χ4v) is 3.82. The molecule has 2 amide bonds. The SMILES string of the molecule is CCCCCCCC/C=C\CCCCCCCC(=O)N1CCCC(N)CC1=O. The molecular formula is C24H44N2O2. The zero-order valence-corrected chi connectivity index (χ0v) is 18.3. The fourth-order valence-electron chi connectivity index (χ4n) is 3.82. The number of carbonyl (C=O) groups excluding carboxylic acids is 2. The largest absolute Gasteiger partial charge is 0.327 e. The molecule has 162 valence electrons. The summed E-state index contributed by atoms with van der Waals surface area (Å²) < 4.78 is 0. The molecule has 0 aromatic rings. The molecule has 1 unspecified atom stereocenters. The van der Waals surface area contributed by atoms with Crippen LogP contribution >= 0.6 is 0 Å². The van der Waals surface area contributed by atoms with Crippen molar-refractivity contribution in [3.8, 4) is 0 Å². The number of rotatable bonds is 15. The Morgan fingerprint density at radius 1 is 0.964 bits per heavy atom. The van der Waals surface area contributed by atoms with E-state index in [2.05, 4.69) is 19.1 Å². The summed E-state index contributed by atoms with van der Waals surface area (Å²) in [5, 5.41) is 0. The molecule has 1 atom stereocenters. The van der Waals surface area contributed by atoms with Gasteiger partial charge in [-0.15, -0.1) is 0 Å². The molecule has 4 nitrogen and oxygen atoms in total. The second-order valence-electron chi connectivity index (χ2n) is 8.38. The van der Waals surface area contributed by atoms with Crippen LogP contribution in [0.2, 0.25) is 0 Å². The normalized spacial score (nSPS) is 18.0. The summed E-state index contributed by atoms with van der Waals surface area (Å²) in [7, 11) is 0. The van der Waals surface area contributed by atoms with Crippen LogP contribution < -0.4 is 5.73 Å². The van der Waals surface area contributed by atoms with E-state index in [1.807, 2.05) is 0 Å². The lowest BCUT2D eigenvalue weighted by Gasteiger charge is -2.18. The van der Waals surface area contributed by atoms with E-state index < -0.39 is 0 Å². The van der Waals surface area contributed by atoms with E-state index in [-0.39, 0.29) is 17.9 Å². The van der Waals surface area contributed by atoms with Gasteiger partial charge in [0.2, 0.25) is 11.8 Å². The van der Waals surface area contributed by atoms with Crippen molar-refractivity contribution in [2.24, 2.45) is 5.73 Å². The van der Waals surface area contributed by atoms with Crippen LogP contribution in [0.25, 0.3) is 0 Å². The van der Waals surface area contributed by atoms with Crippen LogP contribution in [0, 0.1) is 0 Å². The van der Waals surface area contributed by atoms with Crippen LogP contribution in [0.1, 0.15) is 116 Å². The molecule has 2 N–H and O–H groups in total. The van der Waals surface area contributed by atoms with E-state index in [1.54, 1.807) is 0 Å². The van der Waals surface area contributed by atoms with Crippen molar-refractivity contribution < 1.29 is 9.59 Å². The molecule has 0 aromatic carbocycles. The fraction of sp³-hybridized carbons (Fsp3) is 0.833. The Labute approximate surface area is 173 Å². The lowest BCUT2D eigenvalue weighted by Crippen LogP contribution is -2.37. The van der Waals surface area contributed by atoms with Gasteiger partial charge in [0.15, 0.2) is 0 Å². The van der Waals surface area contributed by atoms with Gasteiger partial charge in [0.05, 0.1) is 0 Å². The zero-order valence-electron chi connectivity index (χ0n) is 18.3. The van der Waals surface area contributed by atoms with Gasteiger partial charge in [-0.05, 0) is 44.9 Å². The highest BCUT2D eigenvalue weighted by molar-refractivity contribution is 5.95. The second-order valence-corrected chi connectivity index (χ2v) is 8.38. The first-order chi connectivity index (χ1) is 13.6. The van der Waals surface area contributed by atoms with Crippen molar-refractivity contribution in [1.82, 2.24) is 4.90 Å². The van der Waals surface area contributed by atoms with Gasteiger partial charge in [-0.1, -0.05) is 70.4 Å². The summed E-state index contributed by atoms with van der Waals surface area (Å²) in [6.45, 7) is 2.81. The van der Waals surface area contributed by atoms with E-state index in [0.717, 1.165) is 25.7 Å². The molecule has 0 radical (unpaired) electrons. The molecule has 0 bridgehead atoms. The standard InChI is InChI=1S/C24H44N2O2/c1-2-3-4-5-6-7-8-9-10-11-12-13-14-15-16-19-23(27)26-20-17-18-22(25)21-24(26)28/h9-10,22H,2-8,11-21,25H2,1H3/b10-9-. The van der Waals surface area contributed by atoms with Crippen LogP contribution in [-0.2, 0) is 9.59 Å². The maximum absolute atomic E-state index is 12.3. The number of hydrogen-bond acceptors (Lipinski definition) is 3. The molecule has 1 saturated heterocycles. The van der Waals surface area contributed by atoms with Crippen molar-refractivity contribution in [3.05, 3.63) is 12.2 Å². The van der Waals surface area contributed by atoms with Crippen LogP contribution in [0.4, 0.5) is 0 Å². The number of unbranched alkanes of at least 4 members (excludes halogenated alkanes) is 11. The van der Waals surface area contributed by atoms with E-state index in [0.29, 0.717) is 19.4 Å².